The van der Waals surface area contributed by atoms with Crippen molar-refractivity contribution in [2.24, 2.45) is 0 Å². The van der Waals surface area contributed by atoms with Crippen LogP contribution in [0.1, 0.15) is 42.1 Å². The Kier molecular flexibility index (Phi) is 4.43. The number of ether oxygens (including phenoxy) is 1. The summed E-state index contributed by atoms with van der Waals surface area (Å²) in [4.78, 5) is 10.9. The second-order valence-corrected chi connectivity index (χ2v) is 5.10. The number of nitrogens with one attached hydrogen (secondary N) is 1. The van der Waals surface area contributed by atoms with Gasteiger partial charge in [-0.3, -0.25) is 0 Å². The molecule has 4 heteroatoms. The van der Waals surface area contributed by atoms with Gasteiger partial charge in [-0.1, -0.05) is 6.92 Å². The highest BCUT2D eigenvalue weighted by Gasteiger charge is 2.21. The van der Waals surface area contributed by atoms with Gasteiger partial charge in [-0.15, -0.1) is 0 Å². The molecule has 0 spiro atoms. The third-order valence-electron chi connectivity index (χ3n) is 3.66. The third kappa shape index (κ3) is 3.47. The van der Waals surface area contributed by atoms with Gasteiger partial charge in [0.25, 0.3) is 0 Å². The first-order valence-corrected chi connectivity index (χ1v) is 6.82. The number of benzene rings is 1. The molecule has 1 aliphatic heterocycles. The van der Waals surface area contributed by atoms with E-state index in [-0.39, 0.29) is 0 Å². The van der Waals surface area contributed by atoms with Crippen LogP contribution in [0, 0.1) is 6.92 Å². The molecule has 2 rings (SSSR count). The van der Waals surface area contributed by atoms with Crippen LogP contribution >= 0.6 is 0 Å². The molecule has 0 saturated carbocycles. The predicted molar refractivity (Wildman–Crippen MR) is 74.8 cm³/mol. The van der Waals surface area contributed by atoms with Crippen molar-refractivity contribution in [1.29, 1.82) is 0 Å². The van der Waals surface area contributed by atoms with Crippen LogP contribution in [-0.4, -0.2) is 29.8 Å². The van der Waals surface area contributed by atoms with Gasteiger partial charge in [-0.25, -0.2) is 4.79 Å². The van der Waals surface area contributed by atoms with E-state index in [9.17, 15) is 4.79 Å². The van der Waals surface area contributed by atoms with Gasteiger partial charge >= 0.3 is 5.97 Å². The molecule has 1 heterocycles. The van der Waals surface area contributed by atoms with Crippen molar-refractivity contribution in [2.75, 3.05) is 11.9 Å². The molecule has 1 aromatic rings. The Morgan fingerprint density at radius 2 is 2.32 bits per heavy atom. The van der Waals surface area contributed by atoms with Crippen LogP contribution in [-0.2, 0) is 4.74 Å². The fraction of sp³-hybridized carbons (Fsp3) is 0.533. The Morgan fingerprint density at radius 3 is 2.95 bits per heavy atom. The van der Waals surface area contributed by atoms with Crippen molar-refractivity contribution in [3.63, 3.8) is 0 Å². The van der Waals surface area contributed by atoms with Gasteiger partial charge in [0.1, 0.15) is 0 Å². The summed E-state index contributed by atoms with van der Waals surface area (Å²) in [5.41, 5.74) is 2.33. The molecule has 104 valence electrons. The molecule has 0 aliphatic carbocycles. The topological polar surface area (TPSA) is 58.6 Å². The molecular formula is C15H21NO3. The lowest BCUT2D eigenvalue weighted by molar-refractivity contribution is 0.00925. The van der Waals surface area contributed by atoms with Crippen molar-refractivity contribution in [1.82, 2.24) is 0 Å². The van der Waals surface area contributed by atoms with Gasteiger partial charge in [0.15, 0.2) is 0 Å². The largest absolute Gasteiger partial charge is 0.478 e. The zero-order chi connectivity index (χ0) is 13.8. The van der Waals surface area contributed by atoms with Crippen LogP contribution in [0.5, 0.6) is 0 Å². The monoisotopic (exact) mass is 263 g/mol. The minimum Gasteiger partial charge on any atom is -0.478 e. The second-order valence-electron chi connectivity index (χ2n) is 5.10. The number of aryl methyl sites for hydroxylation is 1. The summed E-state index contributed by atoms with van der Waals surface area (Å²) in [6.45, 7) is 4.87. The minimum atomic E-state index is -0.883. The van der Waals surface area contributed by atoms with Crippen molar-refractivity contribution in [2.45, 2.75) is 45.3 Å². The van der Waals surface area contributed by atoms with Gasteiger partial charge in [-0.05, 0) is 49.9 Å². The summed E-state index contributed by atoms with van der Waals surface area (Å²) in [5.74, 6) is -0.883. The van der Waals surface area contributed by atoms with Gasteiger partial charge in [0.2, 0.25) is 0 Å². The highest BCUT2D eigenvalue weighted by Crippen LogP contribution is 2.23. The maximum atomic E-state index is 10.9. The average Bonchev–Trinajstić information content (AvgIpc) is 2.41. The molecule has 1 aliphatic rings. The molecule has 0 aromatic heterocycles. The van der Waals surface area contributed by atoms with E-state index in [0.717, 1.165) is 37.1 Å². The standard InChI is InChI=1S/C15H21NO3/c1-3-13-9-12(6-7-19-13)16-14-5-4-11(15(17)18)8-10(14)2/h4-5,8,12-13,16H,3,6-7,9H2,1-2H3,(H,17,18). The number of rotatable bonds is 4. The summed E-state index contributed by atoms with van der Waals surface area (Å²) in [5, 5.41) is 12.5. The molecule has 1 saturated heterocycles. The highest BCUT2D eigenvalue weighted by molar-refractivity contribution is 5.88. The Labute approximate surface area is 113 Å². The summed E-state index contributed by atoms with van der Waals surface area (Å²) in [6.07, 6.45) is 3.38. The molecule has 2 unspecified atom stereocenters. The quantitative estimate of drug-likeness (QED) is 0.876. The molecule has 0 bridgehead atoms. The number of aromatic carboxylic acids is 1. The summed E-state index contributed by atoms with van der Waals surface area (Å²) in [6, 6.07) is 5.62. The van der Waals surface area contributed by atoms with Crippen LogP contribution in [0.15, 0.2) is 18.2 Å². The van der Waals surface area contributed by atoms with Gasteiger partial charge < -0.3 is 15.2 Å². The van der Waals surface area contributed by atoms with E-state index in [1.165, 1.54) is 0 Å². The van der Waals surface area contributed by atoms with E-state index >= 15 is 0 Å². The number of carbonyl (C=O) groups is 1. The Morgan fingerprint density at radius 1 is 1.53 bits per heavy atom. The van der Waals surface area contributed by atoms with Gasteiger partial charge in [0, 0.05) is 18.3 Å². The first-order chi connectivity index (χ1) is 9.10. The number of hydrogen-bond donors (Lipinski definition) is 2. The molecule has 0 amide bonds. The molecule has 4 nitrogen and oxygen atoms in total. The van der Waals surface area contributed by atoms with Crippen LogP contribution < -0.4 is 5.32 Å². The molecule has 0 radical (unpaired) electrons. The number of carboxylic acids is 1. The highest BCUT2D eigenvalue weighted by atomic mass is 16.5. The molecule has 1 aromatic carbocycles. The average molecular weight is 263 g/mol. The maximum absolute atomic E-state index is 10.9. The summed E-state index contributed by atoms with van der Waals surface area (Å²) < 4.78 is 5.66. The Hall–Kier alpha value is -1.55. The molecule has 2 atom stereocenters. The van der Waals surface area contributed by atoms with Crippen molar-refractivity contribution >= 4 is 11.7 Å². The number of anilines is 1. The van der Waals surface area contributed by atoms with Gasteiger partial charge in [0.05, 0.1) is 11.7 Å². The van der Waals surface area contributed by atoms with Crippen molar-refractivity contribution < 1.29 is 14.6 Å². The van der Waals surface area contributed by atoms with E-state index in [4.69, 9.17) is 9.84 Å². The van der Waals surface area contributed by atoms with Crippen LogP contribution in [0.25, 0.3) is 0 Å². The zero-order valence-corrected chi connectivity index (χ0v) is 11.5. The second kappa shape index (κ2) is 6.06. The van der Waals surface area contributed by atoms with E-state index in [2.05, 4.69) is 12.2 Å². The maximum Gasteiger partial charge on any atom is 0.335 e. The predicted octanol–water partition coefficient (Wildman–Crippen LogP) is 3.06. The van der Waals surface area contributed by atoms with Crippen molar-refractivity contribution in [3.05, 3.63) is 29.3 Å². The first-order valence-electron chi connectivity index (χ1n) is 6.82. The van der Waals surface area contributed by atoms with Gasteiger partial charge in [-0.2, -0.15) is 0 Å². The van der Waals surface area contributed by atoms with Crippen LogP contribution in [0.3, 0.4) is 0 Å². The zero-order valence-electron chi connectivity index (χ0n) is 11.5. The van der Waals surface area contributed by atoms with Crippen LogP contribution in [0.4, 0.5) is 5.69 Å². The molecule has 2 N–H and O–H groups in total. The number of hydrogen-bond acceptors (Lipinski definition) is 3. The lowest BCUT2D eigenvalue weighted by Crippen LogP contribution is -2.33. The minimum absolute atomic E-state index is 0.335. The lowest BCUT2D eigenvalue weighted by atomic mass is 10.0. The smallest absolute Gasteiger partial charge is 0.335 e. The molecule has 19 heavy (non-hydrogen) atoms. The van der Waals surface area contributed by atoms with E-state index < -0.39 is 5.97 Å². The third-order valence-corrected chi connectivity index (χ3v) is 3.66. The fourth-order valence-corrected chi connectivity index (χ4v) is 2.47. The summed E-state index contributed by atoms with van der Waals surface area (Å²) >= 11 is 0. The summed E-state index contributed by atoms with van der Waals surface area (Å²) in [7, 11) is 0. The van der Waals surface area contributed by atoms with E-state index in [1.54, 1.807) is 12.1 Å². The number of carboxylic acid groups (broad SMARTS) is 1. The van der Waals surface area contributed by atoms with E-state index in [1.807, 2.05) is 13.0 Å². The molecular weight excluding hydrogens is 242 g/mol. The van der Waals surface area contributed by atoms with Crippen molar-refractivity contribution in [3.8, 4) is 0 Å². The normalized spacial score (nSPS) is 23.1. The fourth-order valence-electron chi connectivity index (χ4n) is 2.47. The lowest BCUT2D eigenvalue weighted by Gasteiger charge is -2.30. The molecule has 1 fully saturated rings. The van der Waals surface area contributed by atoms with Crippen LogP contribution in [0.2, 0.25) is 0 Å². The Balaban J connectivity index is 2.04. The van der Waals surface area contributed by atoms with E-state index in [0.29, 0.717) is 17.7 Å². The first kappa shape index (κ1) is 13.9. The Bertz CT molecular complexity index is 459. The SMILES string of the molecule is CCC1CC(Nc2ccc(C(=O)O)cc2C)CCO1.